The van der Waals surface area contributed by atoms with E-state index in [1.54, 1.807) is 18.2 Å². The molecule has 6 heteroatoms. The number of nitrogens with two attached hydrogens (primary N) is 1. The minimum atomic E-state index is 0.387. The second-order valence-electron chi connectivity index (χ2n) is 3.52. The number of aromatic nitrogens is 1. The Hall–Kier alpha value is -1.46. The van der Waals surface area contributed by atoms with E-state index in [9.17, 15) is 0 Å². The summed E-state index contributed by atoms with van der Waals surface area (Å²) in [5.41, 5.74) is 7.02. The average molecular weight is 329 g/mol. The van der Waals surface area contributed by atoms with E-state index < -0.39 is 0 Å². The van der Waals surface area contributed by atoms with Crippen molar-refractivity contribution in [3.8, 4) is 5.88 Å². The standard InChI is InChI=1S/C12H11BrClN3O/c1-18-12-8(15)5-6-10(17-12)16-9-4-2-3-7(14)11(9)13/h2-6H,15H2,1H3,(H,16,17). The van der Waals surface area contributed by atoms with Gasteiger partial charge in [0.15, 0.2) is 0 Å². The van der Waals surface area contributed by atoms with Crippen molar-refractivity contribution in [3.05, 3.63) is 39.8 Å². The number of benzene rings is 1. The van der Waals surface area contributed by atoms with Crippen LogP contribution in [0.4, 0.5) is 17.2 Å². The molecule has 0 aliphatic rings. The topological polar surface area (TPSA) is 60.2 Å². The van der Waals surface area contributed by atoms with Gasteiger partial charge in [-0.2, -0.15) is 4.98 Å². The van der Waals surface area contributed by atoms with Gasteiger partial charge in [0.25, 0.3) is 0 Å². The summed E-state index contributed by atoms with van der Waals surface area (Å²) in [4.78, 5) is 4.23. The number of rotatable bonds is 3. The Bertz CT molecular complexity index is 577. The Morgan fingerprint density at radius 3 is 2.83 bits per heavy atom. The molecule has 1 aromatic heterocycles. The maximum atomic E-state index is 6.01. The lowest BCUT2D eigenvalue weighted by atomic mass is 10.3. The van der Waals surface area contributed by atoms with Crippen LogP contribution in [0.2, 0.25) is 5.02 Å². The number of ether oxygens (including phenoxy) is 1. The first kappa shape index (κ1) is 13.0. The zero-order valence-electron chi connectivity index (χ0n) is 9.58. The molecule has 1 aromatic carbocycles. The van der Waals surface area contributed by atoms with Crippen LogP contribution < -0.4 is 15.8 Å². The lowest BCUT2D eigenvalue weighted by Gasteiger charge is -2.10. The van der Waals surface area contributed by atoms with Crippen molar-refractivity contribution in [3.63, 3.8) is 0 Å². The molecule has 3 N–H and O–H groups in total. The van der Waals surface area contributed by atoms with Gasteiger partial charge in [0.05, 0.1) is 28.0 Å². The number of hydrogen-bond donors (Lipinski definition) is 2. The Morgan fingerprint density at radius 1 is 1.33 bits per heavy atom. The molecule has 0 saturated carbocycles. The van der Waals surface area contributed by atoms with E-state index in [4.69, 9.17) is 22.1 Å². The molecule has 94 valence electrons. The SMILES string of the molecule is COc1nc(Nc2cccc(Cl)c2Br)ccc1N. The third-order valence-corrected chi connectivity index (χ3v) is 3.69. The number of pyridine rings is 1. The van der Waals surface area contributed by atoms with Gasteiger partial charge in [-0.25, -0.2) is 0 Å². The number of nitrogens with one attached hydrogen (secondary N) is 1. The first-order chi connectivity index (χ1) is 8.61. The summed E-state index contributed by atoms with van der Waals surface area (Å²) in [7, 11) is 1.53. The number of methoxy groups -OCH3 is 1. The normalized spacial score (nSPS) is 10.2. The van der Waals surface area contributed by atoms with E-state index in [0.29, 0.717) is 22.4 Å². The minimum Gasteiger partial charge on any atom is -0.479 e. The number of nitrogens with zero attached hydrogens (tertiary/aromatic N) is 1. The molecular weight excluding hydrogens is 318 g/mol. The van der Waals surface area contributed by atoms with E-state index in [-0.39, 0.29) is 0 Å². The lowest BCUT2D eigenvalue weighted by molar-refractivity contribution is 0.401. The second kappa shape index (κ2) is 5.46. The van der Waals surface area contributed by atoms with Crippen molar-refractivity contribution in [1.29, 1.82) is 0 Å². The van der Waals surface area contributed by atoms with Crippen LogP contribution in [-0.4, -0.2) is 12.1 Å². The molecule has 2 rings (SSSR count). The van der Waals surface area contributed by atoms with Crippen LogP contribution >= 0.6 is 27.5 Å². The van der Waals surface area contributed by atoms with Crippen molar-refractivity contribution >= 4 is 44.7 Å². The number of halogens is 2. The smallest absolute Gasteiger partial charge is 0.238 e. The van der Waals surface area contributed by atoms with Crippen LogP contribution in [0.5, 0.6) is 5.88 Å². The van der Waals surface area contributed by atoms with Crippen LogP contribution in [-0.2, 0) is 0 Å². The highest BCUT2D eigenvalue weighted by atomic mass is 79.9. The highest BCUT2D eigenvalue weighted by molar-refractivity contribution is 9.10. The summed E-state index contributed by atoms with van der Waals surface area (Å²) in [5.74, 6) is 1.02. The van der Waals surface area contributed by atoms with Crippen molar-refractivity contribution in [2.75, 3.05) is 18.2 Å². The molecule has 0 saturated heterocycles. The van der Waals surface area contributed by atoms with Crippen molar-refractivity contribution < 1.29 is 4.74 Å². The Morgan fingerprint density at radius 2 is 2.11 bits per heavy atom. The zero-order valence-corrected chi connectivity index (χ0v) is 11.9. The molecule has 0 aliphatic heterocycles. The quantitative estimate of drug-likeness (QED) is 0.899. The fourth-order valence-corrected chi connectivity index (χ4v) is 1.96. The fraction of sp³-hybridized carbons (Fsp3) is 0.0833. The van der Waals surface area contributed by atoms with Crippen LogP contribution in [0.3, 0.4) is 0 Å². The fourth-order valence-electron chi connectivity index (χ4n) is 1.42. The minimum absolute atomic E-state index is 0.387. The van der Waals surface area contributed by atoms with Crippen molar-refractivity contribution in [2.45, 2.75) is 0 Å². The van der Waals surface area contributed by atoms with Gasteiger partial charge in [0.2, 0.25) is 5.88 Å². The largest absolute Gasteiger partial charge is 0.479 e. The van der Waals surface area contributed by atoms with Gasteiger partial charge in [-0.1, -0.05) is 17.7 Å². The van der Waals surface area contributed by atoms with Crippen molar-refractivity contribution in [2.24, 2.45) is 0 Å². The monoisotopic (exact) mass is 327 g/mol. The molecular formula is C12H11BrClN3O. The summed E-state index contributed by atoms with van der Waals surface area (Å²) < 4.78 is 5.85. The maximum Gasteiger partial charge on any atom is 0.238 e. The van der Waals surface area contributed by atoms with Gasteiger partial charge < -0.3 is 15.8 Å². The van der Waals surface area contributed by atoms with Crippen LogP contribution in [0.15, 0.2) is 34.8 Å². The molecule has 0 radical (unpaired) electrons. The van der Waals surface area contributed by atoms with Gasteiger partial charge >= 0.3 is 0 Å². The summed E-state index contributed by atoms with van der Waals surface area (Å²) in [6.45, 7) is 0. The van der Waals surface area contributed by atoms with E-state index in [1.165, 1.54) is 7.11 Å². The molecule has 0 atom stereocenters. The zero-order chi connectivity index (χ0) is 13.1. The Kier molecular flexibility index (Phi) is 3.93. The molecule has 0 spiro atoms. The number of anilines is 3. The Balaban J connectivity index is 2.31. The maximum absolute atomic E-state index is 6.01. The van der Waals surface area contributed by atoms with Gasteiger partial charge in [-0.05, 0) is 40.2 Å². The molecule has 2 aromatic rings. The summed E-state index contributed by atoms with van der Waals surface area (Å²) >= 11 is 9.42. The van der Waals surface area contributed by atoms with Gasteiger partial charge in [-0.15, -0.1) is 0 Å². The summed E-state index contributed by atoms with van der Waals surface area (Å²) in [6, 6.07) is 9.04. The molecule has 0 bridgehead atoms. The number of nitrogen functional groups attached to an aromatic ring is 1. The predicted octanol–water partition coefficient (Wildman–Crippen LogP) is 3.83. The summed E-state index contributed by atoms with van der Waals surface area (Å²) in [6.07, 6.45) is 0. The Labute approximate surface area is 118 Å². The molecule has 4 nitrogen and oxygen atoms in total. The highest BCUT2D eigenvalue weighted by Gasteiger charge is 2.07. The second-order valence-corrected chi connectivity index (χ2v) is 4.72. The van der Waals surface area contributed by atoms with Crippen LogP contribution in [0, 0.1) is 0 Å². The van der Waals surface area contributed by atoms with E-state index in [2.05, 4.69) is 26.2 Å². The van der Waals surface area contributed by atoms with Gasteiger partial charge in [0, 0.05) is 0 Å². The first-order valence-electron chi connectivity index (χ1n) is 5.13. The molecule has 0 fully saturated rings. The third kappa shape index (κ3) is 2.68. The van der Waals surface area contributed by atoms with Gasteiger partial charge in [-0.3, -0.25) is 0 Å². The molecule has 0 amide bonds. The molecule has 18 heavy (non-hydrogen) atoms. The first-order valence-corrected chi connectivity index (χ1v) is 6.30. The van der Waals surface area contributed by atoms with E-state index in [1.807, 2.05) is 12.1 Å². The molecule has 0 unspecified atom stereocenters. The average Bonchev–Trinajstić information content (AvgIpc) is 2.37. The van der Waals surface area contributed by atoms with Crippen LogP contribution in [0.1, 0.15) is 0 Å². The highest BCUT2D eigenvalue weighted by Crippen LogP contribution is 2.32. The molecule has 0 aliphatic carbocycles. The van der Waals surface area contributed by atoms with Gasteiger partial charge in [0.1, 0.15) is 5.82 Å². The lowest BCUT2D eigenvalue weighted by Crippen LogP contribution is -1.99. The van der Waals surface area contributed by atoms with Crippen molar-refractivity contribution in [1.82, 2.24) is 4.98 Å². The number of hydrogen-bond acceptors (Lipinski definition) is 4. The summed E-state index contributed by atoms with van der Waals surface area (Å²) in [5, 5.41) is 3.76. The van der Waals surface area contributed by atoms with Crippen LogP contribution in [0.25, 0.3) is 0 Å². The van der Waals surface area contributed by atoms with E-state index >= 15 is 0 Å². The third-order valence-electron chi connectivity index (χ3n) is 2.30. The predicted molar refractivity (Wildman–Crippen MR) is 77.6 cm³/mol. The molecule has 1 heterocycles. The van der Waals surface area contributed by atoms with E-state index in [0.717, 1.165) is 10.2 Å².